The average Bonchev–Trinajstić information content (AvgIpc) is 1.61. The van der Waals surface area contributed by atoms with E-state index in [1.807, 2.05) is 0 Å². The van der Waals surface area contributed by atoms with Gasteiger partial charge in [0.05, 0.1) is 181 Å². The number of ether oxygens (including phenoxy) is 16. The van der Waals surface area contributed by atoms with Crippen LogP contribution in [0.4, 0.5) is 0 Å². The third-order valence-electron chi connectivity index (χ3n) is 19.4. The van der Waals surface area contributed by atoms with E-state index < -0.39 is 0 Å². The molecule has 20 heteroatoms. The molecule has 0 radical (unpaired) electrons. The van der Waals surface area contributed by atoms with E-state index in [0.29, 0.717) is 185 Å². The smallest absolute Gasteiger partial charge is 0.0737 e. The van der Waals surface area contributed by atoms with Crippen molar-refractivity contribution in [1.82, 2.24) is 19.9 Å². The van der Waals surface area contributed by atoms with Crippen LogP contribution < -0.4 is 0 Å². The van der Waals surface area contributed by atoms with E-state index in [1.54, 1.807) is 28.4 Å². The predicted molar refractivity (Wildman–Crippen MR) is 448 cm³/mol. The molecule has 0 unspecified atom stereocenters. The number of hydrogen-bond acceptors (Lipinski definition) is 18. The van der Waals surface area contributed by atoms with Crippen LogP contribution in [0.1, 0.15) is 122 Å². The zero-order valence-corrected chi connectivity index (χ0v) is 67.4. The molecular formula is C92H126N4O16. The molecule has 112 heavy (non-hydrogen) atoms. The molecule has 2 aliphatic heterocycles. The molecule has 0 amide bonds. The second-order valence-electron chi connectivity index (χ2n) is 27.9. The number of hydrogen-bond donors (Lipinski definition) is 2. The molecule has 7 aromatic rings. The van der Waals surface area contributed by atoms with Gasteiger partial charge in [-0.05, 0) is 170 Å². The molecule has 9 rings (SSSR count). The first-order valence-corrected chi connectivity index (χ1v) is 41.0. The van der Waals surface area contributed by atoms with Crippen LogP contribution in [0.5, 0.6) is 0 Å². The third kappa shape index (κ3) is 32.6. The standard InChI is InChI=1S/C92H126N4O16/c1-97-49-53-105-65-69-109-61-57-101-45-13-5-9-17-73-21-29-77(30-22-73)89-81-37-39-83(93-81)90(78-31-23-74(24-32-78)18-10-6-14-46-102-58-62-110-70-66-106-54-50-98-2)85-41-43-87(95-85)92(80-35-27-76(28-36-80)20-12-8-16-48-104-60-64-112-72-68-108-56-52-100-4)88-44-42-86(96-88)91(84-40-38-82(89)94-84)79-33-25-75(26-34-79)19-11-7-15-47-103-59-63-111-71-67-107-55-51-99-3/h21-44,93,96H,5-20,45-72H2,1-4H3. The lowest BCUT2D eigenvalue weighted by molar-refractivity contribution is 0.00324. The number of benzene rings is 4. The van der Waals surface area contributed by atoms with Crippen LogP contribution in [0.3, 0.4) is 0 Å². The fourth-order valence-corrected chi connectivity index (χ4v) is 13.3. The zero-order chi connectivity index (χ0) is 77.8. The minimum absolute atomic E-state index is 0.551. The largest absolute Gasteiger partial charge is 0.382 e. The number of unbranched alkanes of at least 4 members (excludes halogenated alkanes) is 8. The summed E-state index contributed by atoms with van der Waals surface area (Å²) in [5, 5.41) is 0. The Labute approximate surface area is 665 Å². The second-order valence-corrected chi connectivity index (χ2v) is 27.9. The van der Waals surface area contributed by atoms with E-state index in [1.165, 1.54) is 22.3 Å². The zero-order valence-electron chi connectivity index (χ0n) is 67.4. The Morgan fingerprint density at radius 2 is 0.375 bits per heavy atom. The van der Waals surface area contributed by atoms with Gasteiger partial charge in [-0.1, -0.05) is 123 Å². The Bertz CT molecular complexity index is 3410. The summed E-state index contributed by atoms with van der Waals surface area (Å²) in [4.78, 5) is 19.4. The van der Waals surface area contributed by atoms with Gasteiger partial charge in [0.15, 0.2) is 0 Å². The number of H-pyrrole nitrogens is 2. The average molecular weight is 1540 g/mol. The van der Waals surface area contributed by atoms with Gasteiger partial charge in [-0.2, -0.15) is 0 Å². The molecule has 0 saturated heterocycles. The van der Waals surface area contributed by atoms with Crippen molar-refractivity contribution in [3.63, 3.8) is 0 Å². The molecule has 0 saturated carbocycles. The molecular weight excluding hydrogens is 1420 g/mol. The van der Waals surface area contributed by atoms with E-state index in [4.69, 9.17) is 85.8 Å². The van der Waals surface area contributed by atoms with Gasteiger partial charge >= 0.3 is 0 Å². The van der Waals surface area contributed by atoms with Crippen molar-refractivity contribution in [1.29, 1.82) is 0 Å². The van der Waals surface area contributed by atoms with Crippen molar-refractivity contribution in [3.05, 3.63) is 166 Å². The molecule has 8 bridgehead atoms. The number of nitrogens with one attached hydrogen (secondary N) is 2. The van der Waals surface area contributed by atoms with Crippen LogP contribution in [0.2, 0.25) is 0 Å². The van der Waals surface area contributed by atoms with Crippen molar-refractivity contribution in [2.45, 2.75) is 103 Å². The maximum Gasteiger partial charge on any atom is 0.0737 e. The fraction of sp³-hybridized carbons (Fsp3) is 0.522. The third-order valence-corrected chi connectivity index (χ3v) is 19.4. The number of aromatic amines is 2. The highest BCUT2D eigenvalue weighted by molar-refractivity contribution is 6.00. The molecule has 0 fully saturated rings. The first kappa shape index (κ1) is 88.8. The molecule has 610 valence electrons. The molecule has 0 spiro atoms. The summed E-state index contributed by atoms with van der Waals surface area (Å²) in [6.07, 6.45) is 25.2. The minimum Gasteiger partial charge on any atom is -0.382 e. The van der Waals surface area contributed by atoms with Gasteiger partial charge in [-0.25, -0.2) is 9.97 Å². The molecule has 5 heterocycles. The predicted octanol–water partition coefficient (Wildman–Crippen LogP) is 17.0. The number of fused-ring (bicyclic) bond motifs is 8. The molecule has 3 aromatic heterocycles. The number of methoxy groups -OCH3 is 4. The summed E-state index contributed by atoms with van der Waals surface area (Å²) in [6.45, 7) is 16.5. The Morgan fingerprint density at radius 3 is 0.562 bits per heavy atom. The highest BCUT2D eigenvalue weighted by atomic mass is 16.6. The van der Waals surface area contributed by atoms with E-state index in [0.717, 1.165) is 192 Å². The maximum absolute atomic E-state index is 5.91. The summed E-state index contributed by atoms with van der Waals surface area (Å²) < 4.78 is 88.4. The first-order valence-electron chi connectivity index (χ1n) is 41.0. The second kappa shape index (κ2) is 55.4. The SMILES string of the molecule is COCCOCCOCCOCCCCCc1ccc(-c2c3nc(c(-c4ccc(CCCCCOCCOCCOCCOC)cc4)c4ccc([nH]4)c(-c4ccc(CCCCCOCCOCCOCCOC)cc4)c4nc(c(-c5ccc(CCCCCOCCOCCOCCOC)cc5)c5ccc2[nH]5)C=C4)C=C3)cc1. The van der Waals surface area contributed by atoms with Crippen LogP contribution in [-0.2, 0) is 101 Å². The summed E-state index contributed by atoms with van der Waals surface area (Å²) in [7, 11) is 6.69. The van der Waals surface area contributed by atoms with Crippen molar-refractivity contribution < 1.29 is 75.8 Å². The summed E-state index contributed by atoms with van der Waals surface area (Å²) in [5.41, 5.74) is 20.9. The molecule has 20 nitrogen and oxygen atoms in total. The summed E-state index contributed by atoms with van der Waals surface area (Å²) in [6, 6.07) is 45.3. The monoisotopic (exact) mass is 1540 g/mol. The Balaban J connectivity index is 0.982. The number of rotatable bonds is 64. The van der Waals surface area contributed by atoms with E-state index in [9.17, 15) is 0 Å². The highest BCUT2D eigenvalue weighted by Crippen LogP contribution is 2.39. The molecule has 0 atom stereocenters. The molecule has 4 aromatic carbocycles. The molecule has 2 N–H and O–H groups in total. The molecule has 0 aliphatic carbocycles. The van der Waals surface area contributed by atoms with Gasteiger partial charge in [0.2, 0.25) is 0 Å². The van der Waals surface area contributed by atoms with Crippen molar-refractivity contribution in [2.24, 2.45) is 0 Å². The minimum atomic E-state index is 0.551. The van der Waals surface area contributed by atoms with Gasteiger partial charge in [0.1, 0.15) is 0 Å². The summed E-state index contributed by atoms with van der Waals surface area (Å²) >= 11 is 0. The lowest BCUT2D eigenvalue weighted by Crippen LogP contribution is -2.11. The summed E-state index contributed by atoms with van der Waals surface area (Å²) in [5.74, 6) is 0. The Hall–Kier alpha value is -7.16. The van der Waals surface area contributed by atoms with Gasteiger partial charge < -0.3 is 85.8 Å². The van der Waals surface area contributed by atoms with Crippen LogP contribution in [0, 0.1) is 0 Å². The van der Waals surface area contributed by atoms with Crippen LogP contribution in [0.15, 0.2) is 121 Å². The van der Waals surface area contributed by atoms with Crippen molar-refractivity contribution in [2.75, 3.05) is 213 Å². The van der Waals surface area contributed by atoms with E-state index >= 15 is 0 Å². The lowest BCUT2D eigenvalue weighted by atomic mass is 10.00. The Morgan fingerprint density at radius 1 is 0.196 bits per heavy atom. The van der Waals surface area contributed by atoms with Crippen LogP contribution in [0.25, 0.3) is 90.9 Å². The first-order chi connectivity index (χ1) is 55.5. The lowest BCUT2D eigenvalue weighted by Gasteiger charge is -2.09. The van der Waals surface area contributed by atoms with Crippen molar-refractivity contribution in [3.8, 4) is 44.5 Å². The van der Waals surface area contributed by atoms with Crippen LogP contribution in [-0.4, -0.2) is 233 Å². The number of nitrogens with zero attached hydrogens (tertiary/aromatic N) is 2. The van der Waals surface area contributed by atoms with Crippen molar-refractivity contribution >= 4 is 46.4 Å². The number of aryl methyl sites for hydroxylation is 4. The maximum atomic E-state index is 5.91. The van der Waals surface area contributed by atoms with Gasteiger partial charge in [0.25, 0.3) is 0 Å². The quantitative estimate of drug-likeness (QED) is 0.0340. The fourth-order valence-electron chi connectivity index (χ4n) is 13.3. The molecule has 2 aliphatic rings. The highest BCUT2D eigenvalue weighted by Gasteiger charge is 2.20. The normalized spacial score (nSPS) is 12.0. The topological polar surface area (TPSA) is 205 Å². The van der Waals surface area contributed by atoms with Gasteiger partial charge in [-0.3, -0.25) is 0 Å². The number of aromatic nitrogens is 4. The van der Waals surface area contributed by atoms with E-state index in [2.05, 4.69) is 156 Å². The van der Waals surface area contributed by atoms with Crippen LogP contribution >= 0.6 is 0 Å². The van der Waals surface area contributed by atoms with Gasteiger partial charge in [-0.15, -0.1) is 0 Å². The van der Waals surface area contributed by atoms with Gasteiger partial charge in [0, 0.05) is 99.2 Å². The Kier molecular flexibility index (Phi) is 43.9. The van der Waals surface area contributed by atoms with E-state index in [-0.39, 0.29) is 0 Å².